The van der Waals surface area contributed by atoms with E-state index in [4.69, 9.17) is 9.72 Å². The Hall–Kier alpha value is -6.10. The maximum atomic E-state index is 14.1. The van der Waals surface area contributed by atoms with E-state index < -0.39 is 24.6 Å². The number of ether oxygens (including phenoxy) is 1. The number of rotatable bonds is 12. The number of methoxy groups -OCH3 is 1. The van der Waals surface area contributed by atoms with E-state index in [1.54, 1.807) is 31.5 Å². The number of carbonyl (C=O) groups excluding carboxylic acids is 4. The highest BCUT2D eigenvalue weighted by Crippen LogP contribution is 2.47. The Balaban J connectivity index is 0.740. The normalized spacial score (nSPS) is 19.9. The second-order valence-corrected chi connectivity index (χ2v) is 24.6. The number of amides is 4. The summed E-state index contributed by atoms with van der Waals surface area (Å²) in [6.07, 6.45) is 5.02. The Morgan fingerprint density at radius 1 is 0.903 bits per heavy atom. The molecule has 0 spiro atoms. The molecule has 19 heteroatoms. The lowest BCUT2D eigenvalue weighted by Gasteiger charge is -2.46. The fourth-order valence-corrected chi connectivity index (χ4v) is 13.3. The van der Waals surface area contributed by atoms with Crippen LogP contribution in [0.15, 0.2) is 65.3 Å². The van der Waals surface area contributed by atoms with Gasteiger partial charge in [0.05, 0.1) is 45.5 Å². The molecule has 72 heavy (non-hydrogen) atoms. The van der Waals surface area contributed by atoms with E-state index in [9.17, 15) is 23.7 Å². The summed E-state index contributed by atoms with van der Waals surface area (Å²) in [7, 11) is -1.07. The van der Waals surface area contributed by atoms with Crippen LogP contribution in [-0.2, 0) is 30.9 Å². The molecule has 5 aliphatic rings. The van der Waals surface area contributed by atoms with Crippen LogP contribution < -0.4 is 35.8 Å². The van der Waals surface area contributed by atoms with Crippen molar-refractivity contribution in [2.24, 2.45) is 5.92 Å². The van der Waals surface area contributed by atoms with Crippen molar-refractivity contribution in [1.82, 2.24) is 35.0 Å². The lowest BCUT2D eigenvalue weighted by atomic mass is 9.90. The maximum absolute atomic E-state index is 14.1. The summed E-state index contributed by atoms with van der Waals surface area (Å²) in [5.41, 5.74) is 6.97. The molecule has 4 amide bonds. The second kappa shape index (κ2) is 19.4. The van der Waals surface area contributed by atoms with E-state index >= 15 is 0 Å². The van der Waals surface area contributed by atoms with Crippen LogP contribution in [-0.4, -0.2) is 138 Å². The van der Waals surface area contributed by atoms with Crippen molar-refractivity contribution in [3.8, 4) is 5.75 Å². The first-order valence-corrected chi connectivity index (χ1v) is 28.4. The fourth-order valence-electron chi connectivity index (χ4n) is 11.6. The van der Waals surface area contributed by atoms with Crippen LogP contribution in [0.3, 0.4) is 0 Å². The number of nitrogens with zero attached hydrogens (tertiary/aromatic N) is 8. The number of imide groups is 1. The van der Waals surface area contributed by atoms with Crippen molar-refractivity contribution in [2.45, 2.75) is 77.4 Å². The van der Waals surface area contributed by atoms with E-state index in [0.29, 0.717) is 71.9 Å². The lowest BCUT2D eigenvalue weighted by Crippen LogP contribution is -2.59. The average molecular weight is 1060 g/mol. The summed E-state index contributed by atoms with van der Waals surface area (Å²) in [5, 5.41) is 10.8. The van der Waals surface area contributed by atoms with E-state index in [1.165, 1.54) is 5.56 Å². The molecule has 1 unspecified atom stereocenters. The molecule has 4 saturated heterocycles. The highest BCUT2D eigenvalue weighted by atomic mass is 79.9. The third-order valence-corrected chi connectivity index (χ3v) is 17.5. The minimum atomic E-state index is -2.74. The zero-order valence-corrected chi connectivity index (χ0v) is 44.5. The molecule has 2 aromatic heterocycles. The van der Waals surface area contributed by atoms with Gasteiger partial charge in [-0.25, -0.2) is 4.98 Å². The minimum absolute atomic E-state index is 0.147. The molecule has 3 N–H and O–H groups in total. The molecule has 4 fully saturated rings. The molecule has 0 aliphatic carbocycles. The number of halogens is 1. The Kier molecular flexibility index (Phi) is 13.3. The van der Waals surface area contributed by atoms with Gasteiger partial charge in [-0.05, 0) is 117 Å². The van der Waals surface area contributed by atoms with Crippen molar-refractivity contribution in [2.75, 3.05) is 93.2 Å². The summed E-state index contributed by atoms with van der Waals surface area (Å²) in [6, 6.07) is 17.5. The Morgan fingerprint density at radius 2 is 1.65 bits per heavy atom. The third-order valence-electron chi connectivity index (χ3n) is 15.3. The summed E-state index contributed by atoms with van der Waals surface area (Å²) in [6.45, 7) is 17.5. The molecule has 0 saturated carbocycles. The number of hydrogen-bond donors (Lipinski definition) is 3. The molecule has 10 rings (SSSR count). The second-order valence-electron chi connectivity index (χ2n) is 20.6. The number of piperidine rings is 2. The van der Waals surface area contributed by atoms with Gasteiger partial charge in [0, 0.05) is 105 Å². The topological polar surface area (TPSA) is 186 Å². The summed E-state index contributed by atoms with van der Waals surface area (Å²) in [5.74, 6) is 0.644. The van der Waals surface area contributed by atoms with Gasteiger partial charge in [0.25, 0.3) is 5.91 Å². The van der Waals surface area contributed by atoms with Gasteiger partial charge < -0.3 is 39.5 Å². The molecular weight excluding hydrogens is 998 g/mol. The van der Waals surface area contributed by atoms with Crippen LogP contribution in [0.1, 0.15) is 73.6 Å². The highest BCUT2D eigenvalue weighted by Gasteiger charge is 2.51. The van der Waals surface area contributed by atoms with Gasteiger partial charge in [0.1, 0.15) is 24.8 Å². The van der Waals surface area contributed by atoms with Crippen LogP contribution in [0.5, 0.6) is 5.75 Å². The molecule has 7 heterocycles. The van der Waals surface area contributed by atoms with Crippen LogP contribution in [0.4, 0.5) is 34.5 Å². The van der Waals surface area contributed by atoms with Gasteiger partial charge in [0.2, 0.25) is 23.7 Å². The highest BCUT2D eigenvalue weighted by molar-refractivity contribution is 9.10. The Labute approximate surface area is 428 Å². The van der Waals surface area contributed by atoms with Gasteiger partial charge in [-0.1, -0.05) is 25.1 Å². The van der Waals surface area contributed by atoms with Gasteiger partial charge in [-0.3, -0.25) is 34.4 Å². The maximum Gasteiger partial charge on any atom is 0.257 e. The molecule has 0 radical (unpaired) electrons. The number of pyridine rings is 1. The molecular formula is C53H63BrN11O6P. The van der Waals surface area contributed by atoms with Crippen LogP contribution >= 0.6 is 23.1 Å². The smallest absolute Gasteiger partial charge is 0.257 e. The first-order valence-electron chi connectivity index (χ1n) is 25.0. The number of carbonyl (C=O) groups is 4. The summed E-state index contributed by atoms with van der Waals surface area (Å²) in [4.78, 5) is 77.6. The van der Waals surface area contributed by atoms with E-state index in [1.807, 2.05) is 68.1 Å². The quantitative estimate of drug-likeness (QED) is 0.0846. The number of hydrogen-bond acceptors (Lipinski definition) is 14. The van der Waals surface area contributed by atoms with Gasteiger partial charge >= 0.3 is 0 Å². The monoisotopic (exact) mass is 1060 g/mol. The number of piperazine rings is 1. The molecule has 378 valence electrons. The largest absolute Gasteiger partial charge is 0.494 e. The van der Waals surface area contributed by atoms with Gasteiger partial charge in [0.15, 0.2) is 0 Å². The first-order chi connectivity index (χ1) is 34.4. The SMILES string of the molecule is CCc1cc(Nc2ncc(Br)c(Nc3ccc4nc(C)ccc4c3P(C)(C)=O)n2)c(OC)cc1N1CCC(N2CCN(C(=O)C3CN(c4cccc5c4C(=O)N(C4CCC(=O)NC4=O)C5(C)C)C3)CC2)CC1. The lowest BCUT2D eigenvalue weighted by molar-refractivity contribution is -0.139. The Bertz CT molecular complexity index is 3050. The predicted octanol–water partition coefficient (Wildman–Crippen LogP) is 7.15. The molecule has 0 bridgehead atoms. The van der Waals surface area contributed by atoms with E-state index in [0.717, 1.165) is 90.0 Å². The van der Waals surface area contributed by atoms with Crippen molar-refractivity contribution in [1.29, 1.82) is 0 Å². The summed E-state index contributed by atoms with van der Waals surface area (Å²) >= 11 is 3.62. The molecule has 5 aromatic rings. The van der Waals surface area contributed by atoms with Crippen molar-refractivity contribution >= 4 is 97.4 Å². The summed E-state index contributed by atoms with van der Waals surface area (Å²) < 4.78 is 20.3. The van der Waals surface area contributed by atoms with Crippen molar-refractivity contribution in [3.63, 3.8) is 0 Å². The van der Waals surface area contributed by atoms with Crippen molar-refractivity contribution in [3.05, 3.63) is 87.7 Å². The molecule has 3 aromatic carbocycles. The third kappa shape index (κ3) is 9.19. The zero-order chi connectivity index (χ0) is 50.8. The number of aryl methyl sites for hydroxylation is 2. The molecule has 17 nitrogen and oxygen atoms in total. The fraction of sp³-hybridized carbons (Fsp3) is 0.453. The number of aromatic nitrogens is 3. The van der Waals surface area contributed by atoms with Crippen LogP contribution in [0, 0.1) is 12.8 Å². The number of anilines is 6. The number of fused-ring (bicyclic) bond motifs is 2. The van der Waals surface area contributed by atoms with E-state index in [2.05, 4.69) is 75.6 Å². The first kappa shape index (κ1) is 49.5. The zero-order valence-electron chi connectivity index (χ0n) is 42.1. The average Bonchev–Trinajstić information content (AvgIpc) is 3.55. The van der Waals surface area contributed by atoms with Crippen molar-refractivity contribution < 1.29 is 28.5 Å². The van der Waals surface area contributed by atoms with Gasteiger partial charge in [-0.15, -0.1) is 0 Å². The van der Waals surface area contributed by atoms with E-state index in [-0.39, 0.29) is 30.1 Å². The molecule has 5 aliphatic heterocycles. The van der Waals surface area contributed by atoms with Gasteiger partial charge in [-0.2, -0.15) is 4.98 Å². The van der Waals surface area contributed by atoms with Crippen LogP contribution in [0.25, 0.3) is 10.9 Å². The minimum Gasteiger partial charge on any atom is -0.494 e. The predicted molar refractivity (Wildman–Crippen MR) is 285 cm³/mol. The number of benzene rings is 3. The number of nitrogens with one attached hydrogen (secondary N) is 3. The molecule has 1 atom stereocenters. The van der Waals surface area contributed by atoms with Crippen LogP contribution in [0.2, 0.25) is 0 Å². The Morgan fingerprint density at radius 3 is 2.35 bits per heavy atom. The standard InChI is InChI=1S/C53H63BrN11O6P/c1-8-32-26-40(58-52-55-28-37(54)48(60-52)57-39-15-14-38-35(13-12-31(2)56-38)47(39)72(6,7)70)44(71-5)27-43(32)62-20-18-34(19-21-62)61-22-24-63(25-23-61)50(68)33-29-64(30-33)41-11-9-10-36-46(41)51(69)65(53(36,3)4)42-16-17-45(66)59-49(42)67/h9-15,26-28,33-34,42H,8,16-25,29-30H2,1-7H3,(H,59,66,67)(H2,55,57,58,60).